The van der Waals surface area contributed by atoms with Crippen molar-refractivity contribution >= 4 is 11.9 Å². The lowest BCUT2D eigenvalue weighted by atomic mass is 9.99. The van der Waals surface area contributed by atoms with Crippen molar-refractivity contribution in [3.63, 3.8) is 0 Å². The van der Waals surface area contributed by atoms with Gasteiger partial charge in [-0.15, -0.1) is 0 Å². The molecule has 3 aromatic rings. The summed E-state index contributed by atoms with van der Waals surface area (Å²) in [4.78, 5) is 24.5. The van der Waals surface area contributed by atoms with E-state index in [1.165, 1.54) is 19.2 Å². The second kappa shape index (κ2) is 9.50. The molecule has 0 spiro atoms. The van der Waals surface area contributed by atoms with Crippen LogP contribution in [0, 0.1) is 5.82 Å². The summed E-state index contributed by atoms with van der Waals surface area (Å²) in [5, 5.41) is 2.88. The van der Waals surface area contributed by atoms with Crippen molar-refractivity contribution in [2.24, 2.45) is 0 Å². The molecule has 0 bridgehead atoms. The van der Waals surface area contributed by atoms with Gasteiger partial charge in [-0.2, -0.15) is 0 Å². The molecule has 29 heavy (non-hydrogen) atoms. The number of halogens is 1. The van der Waals surface area contributed by atoms with E-state index in [1.807, 2.05) is 60.7 Å². The van der Waals surface area contributed by atoms with Crippen molar-refractivity contribution in [3.05, 3.63) is 101 Å². The summed E-state index contributed by atoms with van der Waals surface area (Å²) >= 11 is 0. The molecule has 0 heterocycles. The molecule has 0 fully saturated rings. The molecule has 0 aliphatic rings. The first-order chi connectivity index (χ1) is 14.1. The minimum absolute atomic E-state index is 0.00114. The van der Waals surface area contributed by atoms with E-state index in [0.29, 0.717) is 0 Å². The monoisotopic (exact) mass is 393 g/mol. The predicted octanol–water partition coefficient (Wildman–Crippen LogP) is 3.90. The molecule has 1 amide bonds. The highest BCUT2D eigenvalue weighted by molar-refractivity contribution is 5.91. The number of carbonyl (C=O) groups is 2. The van der Waals surface area contributed by atoms with Crippen LogP contribution in [0.5, 0.6) is 5.75 Å². The summed E-state index contributed by atoms with van der Waals surface area (Å²) in [6.07, 6.45) is 0. The number of ether oxygens (including phenoxy) is 2. The summed E-state index contributed by atoms with van der Waals surface area (Å²) in [5.74, 6) is -1.92. The Balaban J connectivity index is 1.66. The Morgan fingerprint density at radius 1 is 0.931 bits per heavy atom. The lowest BCUT2D eigenvalue weighted by molar-refractivity contribution is -0.124. The molecule has 0 atom stereocenters. The third-order valence-corrected chi connectivity index (χ3v) is 4.29. The van der Waals surface area contributed by atoms with Crippen molar-refractivity contribution in [1.29, 1.82) is 0 Å². The van der Waals surface area contributed by atoms with Gasteiger partial charge in [-0.25, -0.2) is 9.18 Å². The van der Waals surface area contributed by atoms with E-state index in [4.69, 9.17) is 9.47 Å². The Hall–Kier alpha value is -3.67. The van der Waals surface area contributed by atoms with Crippen LogP contribution in [0.2, 0.25) is 0 Å². The maximum absolute atomic E-state index is 13.7. The third-order valence-electron chi connectivity index (χ3n) is 4.29. The predicted molar refractivity (Wildman–Crippen MR) is 106 cm³/mol. The van der Waals surface area contributed by atoms with Gasteiger partial charge in [0.15, 0.2) is 18.2 Å². The fraction of sp³-hybridized carbons (Fsp3) is 0.130. The Labute approximate surface area is 168 Å². The van der Waals surface area contributed by atoms with Crippen molar-refractivity contribution in [1.82, 2.24) is 5.32 Å². The van der Waals surface area contributed by atoms with E-state index < -0.39 is 24.3 Å². The van der Waals surface area contributed by atoms with Crippen molar-refractivity contribution in [2.75, 3.05) is 13.7 Å². The number of carbonyl (C=O) groups excluding carboxylic acids is 2. The molecule has 1 N–H and O–H groups in total. The molecule has 0 radical (unpaired) electrons. The summed E-state index contributed by atoms with van der Waals surface area (Å²) in [5.41, 5.74) is 1.80. The van der Waals surface area contributed by atoms with Crippen LogP contribution in [0.3, 0.4) is 0 Å². The molecule has 0 aromatic heterocycles. The third kappa shape index (κ3) is 5.19. The molecule has 0 aliphatic heterocycles. The number of methoxy groups -OCH3 is 1. The van der Waals surface area contributed by atoms with E-state index in [9.17, 15) is 14.0 Å². The van der Waals surface area contributed by atoms with Crippen molar-refractivity contribution < 1.29 is 23.5 Å². The molecule has 0 saturated heterocycles. The van der Waals surface area contributed by atoms with E-state index in [2.05, 4.69) is 5.32 Å². The zero-order chi connectivity index (χ0) is 20.6. The van der Waals surface area contributed by atoms with Gasteiger partial charge in [0.25, 0.3) is 5.91 Å². The van der Waals surface area contributed by atoms with Gasteiger partial charge in [-0.1, -0.05) is 60.7 Å². The normalized spacial score (nSPS) is 10.4. The van der Waals surface area contributed by atoms with E-state index in [-0.39, 0.29) is 17.4 Å². The standard InChI is InChI=1S/C23H20FNO4/c1-28-20-13-12-18(14-19(20)24)23(27)29-15-21(26)25-22(16-8-4-2-5-9-16)17-10-6-3-7-11-17/h2-14,22H,15H2,1H3,(H,25,26). The van der Waals surface area contributed by atoms with Crippen LogP contribution in [-0.2, 0) is 9.53 Å². The number of hydrogen-bond donors (Lipinski definition) is 1. The van der Waals surface area contributed by atoms with Crippen molar-refractivity contribution in [3.8, 4) is 5.75 Å². The number of benzene rings is 3. The minimum Gasteiger partial charge on any atom is -0.494 e. The van der Waals surface area contributed by atoms with E-state index in [0.717, 1.165) is 17.2 Å². The molecule has 0 aliphatic carbocycles. The van der Waals surface area contributed by atoms with E-state index >= 15 is 0 Å². The lowest BCUT2D eigenvalue weighted by Gasteiger charge is -2.20. The quantitative estimate of drug-likeness (QED) is 0.619. The first-order valence-electron chi connectivity index (χ1n) is 8.98. The fourth-order valence-electron chi connectivity index (χ4n) is 2.86. The molecule has 3 aromatic carbocycles. The maximum Gasteiger partial charge on any atom is 0.338 e. The lowest BCUT2D eigenvalue weighted by Crippen LogP contribution is -2.33. The zero-order valence-electron chi connectivity index (χ0n) is 15.8. The molecular formula is C23H20FNO4. The molecular weight excluding hydrogens is 373 g/mol. The van der Waals surface area contributed by atoms with Gasteiger partial charge >= 0.3 is 5.97 Å². The topological polar surface area (TPSA) is 64.6 Å². The molecule has 6 heteroatoms. The maximum atomic E-state index is 13.7. The van der Waals surface area contributed by atoms with Gasteiger partial charge in [-0.05, 0) is 29.3 Å². The average Bonchev–Trinajstić information content (AvgIpc) is 2.77. The Bertz CT molecular complexity index is 937. The van der Waals surface area contributed by atoms with Gasteiger partial charge in [0.2, 0.25) is 0 Å². The first-order valence-corrected chi connectivity index (χ1v) is 8.98. The number of nitrogens with one attached hydrogen (secondary N) is 1. The summed E-state index contributed by atoms with van der Waals surface area (Å²) in [6.45, 7) is -0.483. The first kappa shape index (κ1) is 20.1. The van der Waals surface area contributed by atoms with Gasteiger partial charge < -0.3 is 14.8 Å². The SMILES string of the molecule is COc1ccc(C(=O)OCC(=O)NC(c2ccccc2)c2ccccc2)cc1F. The van der Waals surface area contributed by atoms with Crippen LogP contribution in [-0.4, -0.2) is 25.6 Å². The van der Waals surface area contributed by atoms with E-state index in [1.54, 1.807) is 0 Å². The number of rotatable bonds is 7. The second-order valence-electron chi connectivity index (χ2n) is 6.25. The van der Waals surface area contributed by atoms with Crippen LogP contribution in [0.15, 0.2) is 78.9 Å². The van der Waals surface area contributed by atoms with Gasteiger partial charge in [0.1, 0.15) is 0 Å². The van der Waals surface area contributed by atoms with Crippen LogP contribution in [0.1, 0.15) is 27.5 Å². The summed E-state index contributed by atoms with van der Waals surface area (Å²) < 4.78 is 23.6. The molecule has 0 unspecified atom stereocenters. The minimum atomic E-state index is -0.794. The highest BCUT2D eigenvalue weighted by atomic mass is 19.1. The van der Waals surface area contributed by atoms with Gasteiger partial charge in [0, 0.05) is 0 Å². The molecule has 5 nitrogen and oxygen atoms in total. The largest absolute Gasteiger partial charge is 0.494 e. The highest BCUT2D eigenvalue weighted by Gasteiger charge is 2.18. The Kier molecular flexibility index (Phi) is 6.58. The molecule has 148 valence electrons. The Morgan fingerprint density at radius 3 is 2.03 bits per heavy atom. The zero-order valence-corrected chi connectivity index (χ0v) is 15.8. The average molecular weight is 393 g/mol. The number of esters is 1. The van der Waals surface area contributed by atoms with Crippen LogP contribution in [0.25, 0.3) is 0 Å². The Morgan fingerprint density at radius 2 is 1.52 bits per heavy atom. The summed E-state index contributed by atoms with van der Waals surface area (Å²) in [7, 11) is 1.33. The highest BCUT2D eigenvalue weighted by Crippen LogP contribution is 2.22. The number of hydrogen-bond acceptors (Lipinski definition) is 4. The molecule has 3 rings (SSSR count). The smallest absolute Gasteiger partial charge is 0.338 e. The summed E-state index contributed by atoms with van der Waals surface area (Å²) in [6, 6.07) is 22.3. The van der Waals surface area contributed by atoms with Gasteiger partial charge in [-0.3, -0.25) is 4.79 Å². The number of amides is 1. The fourth-order valence-corrected chi connectivity index (χ4v) is 2.86. The van der Waals surface area contributed by atoms with Crippen LogP contribution >= 0.6 is 0 Å². The van der Waals surface area contributed by atoms with Gasteiger partial charge in [0.05, 0.1) is 18.7 Å². The van der Waals surface area contributed by atoms with Crippen LogP contribution in [0.4, 0.5) is 4.39 Å². The molecule has 0 saturated carbocycles. The van der Waals surface area contributed by atoms with Crippen molar-refractivity contribution in [2.45, 2.75) is 6.04 Å². The van der Waals surface area contributed by atoms with Crippen LogP contribution < -0.4 is 10.1 Å². The second-order valence-corrected chi connectivity index (χ2v) is 6.25.